The Morgan fingerprint density at radius 1 is 0.935 bits per heavy atom. The van der Waals surface area contributed by atoms with Gasteiger partial charge in [0.2, 0.25) is 0 Å². The zero-order chi connectivity index (χ0) is 23.0. The van der Waals surface area contributed by atoms with E-state index in [0.29, 0.717) is 12.1 Å². The van der Waals surface area contributed by atoms with Crippen LogP contribution in [0.3, 0.4) is 0 Å². The molecule has 162 valence electrons. The lowest BCUT2D eigenvalue weighted by atomic mass is 10.0. The van der Waals surface area contributed by atoms with Crippen LogP contribution in [0.1, 0.15) is 16.8 Å². The Kier molecular flexibility index (Phi) is 5.40. The van der Waals surface area contributed by atoms with Crippen LogP contribution in [0, 0.1) is 0 Å². The molecule has 1 amide bonds. The molecular formula is C17H11F6N7O. The second-order valence-corrected chi connectivity index (χ2v) is 6.08. The fourth-order valence-electron chi connectivity index (χ4n) is 2.42. The van der Waals surface area contributed by atoms with E-state index in [1.54, 1.807) is 0 Å². The molecule has 0 saturated carbocycles. The molecule has 0 spiro atoms. The van der Waals surface area contributed by atoms with Crippen LogP contribution < -0.4 is 11.5 Å². The molecule has 0 radical (unpaired) electrons. The summed E-state index contributed by atoms with van der Waals surface area (Å²) in [7, 11) is 0. The molecule has 1 aromatic carbocycles. The van der Waals surface area contributed by atoms with Crippen molar-refractivity contribution in [3.63, 3.8) is 0 Å². The van der Waals surface area contributed by atoms with Gasteiger partial charge in [-0.25, -0.2) is 14.6 Å². The van der Waals surface area contributed by atoms with E-state index in [0.717, 1.165) is 29.6 Å². The maximum atomic E-state index is 13.0. The van der Waals surface area contributed by atoms with Gasteiger partial charge in [0.25, 0.3) is 5.91 Å². The van der Waals surface area contributed by atoms with Gasteiger partial charge in [-0.05, 0) is 18.2 Å². The summed E-state index contributed by atoms with van der Waals surface area (Å²) in [5, 5.41) is 3.81. The number of hydrogen-bond donors (Lipinski definition) is 2. The number of amides is 1. The van der Waals surface area contributed by atoms with E-state index >= 15 is 0 Å². The molecule has 3 aromatic rings. The van der Waals surface area contributed by atoms with Gasteiger partial charge in [-0.3, -0.25) is 9.78 Å². The van der Waals surface area contributed by atoms with E-state index in [2.05, 4.69) is 20.1 Å². The summed E-state index contributed by atoms with van der Waals surface area (Å²) in [5.41, 5.74) is 6.95. The average molecular weight is 443 g/mol. The van der Waals surface area contributed by atoms with Crippen molar-refractivity contribution in [2.24, 2.45) is 5.73 Å². The molecule has 0 fully saturated rings. The molecule has 0 atom stereocenters. The van der Waals surface area contributed by atoms with Crippen molar-refractivity contribution in [2.75, 3.05) is 5.73 Å². The minimum atomic E-state index is -5.02. The first-order valence-electron chi connectivity index (χ1n) is 8.15. The van der Waals surface area contributed by atoms with Crippen LogP contribution in [-0.2, 0) is 17.1 Å². The fraction of sp³-hybridized carbons (Fsp3) is 0.118. The van der Waals surface area contributed by atoms with Crippen molar-refractivity contribution in [3.8, 4) is 11.4 Å². The predicted molar refractivity (Wildman–Crippen MR) is 95.3 cm³/mol. The summed E-state index contributed by atoms with van der Waals surface area (Å²) in [6, 6.07) is 0.962. The summed E-state index contributed by atoms with van der Waals surface area (Å²) in [6.07, 6.45) is -5.74. The number of aromatic nitrogens is 5. The number of nitrogens with zero attached hydrogens (tertiary/aromatic N) is 5. The monoisotopic (exact) mass is 443 g/mol. The number of carbonyl (C=O) groups is 1. The van der Waals surface area contributed by atoms with E-state index < -0.39 is 40.8 Å². The van der Waals surface area contributed by atoms with Crippen molar-refractivity contribution in [1.29, 1.82) is 0 Å². The molecule has 0 saturated heterocycles. The van der Waals surface area contributed by atoms with Gasteiger partial charge < -0.3 is 11.5 Å². The van der Waals surface area contributed by atoms with Crippen LogP contribution in [0.5, 0.6) is 0 Å². The second kappa shape index (κ2) is 7.70. The molecular weight excluding hydrogens is 432 g/mol. The van der Waals surface area contributed by atoms with Gasteiger partial charge in [0.1, 0.15) is 12.1 Å². The summed E-state index contributed by atoms with van der Waals surface area (Å²) < 4.78 is 79.1. The molecule has 2 heterocycles. The third-order valence-corrected chi connectivity index (χ3v) is 3.83. The number of hydrogen-bond acceptors (Lipinski definition) is 6. The second-order valence-electron chi connectivity index (χ2n) is 6.08. The third-order valence-electron chi connectivity index (χ3n) is 3.83. The van der Waals surface area contributed by atoms with E-state index in [9.17, 15) is 31.1 Å². The molecule has 0 unspecified atom stereocenters. The maximum absolute atomic E-state index is 13.0. The standard InChI is InChI=1S/C17H11F6N7O/c18-16(19,20)9-1-8(2-10(3-9)17(21,22)23)15-28-7-30(29-15)6-11(14(25)31)12-4-27-13(24)5-26-12/h1-7H,(H2,24,27)(H2,25,31)/b11-6-. The van der Waals surface area contributed by atoms with Crippen molar-refractivity contribution in [3.05, 3.63) is 53.7 Å². The Hall–Kier alpha value is -3.97. The number of nitrogen functional groups attached to an aromatic ring is 1. The van der Waals surface area contributed by atoms with Crippen molar-refractivity contribution >= 4 is 23.5 Å². The fourth-order valence-corrected chi connectivity index (χ4v) is 2.42. The topological polar surface area (TPSA) is 126 Å². The van der Waals surface area contributed by atoms with E-state index in [4.69, 9.17) is 11.5 Å². The Labute approximate surface area is 169 Å². The number of carbonyl (C=O) groups excluding carboxylic acids is 1. The lowest BCUT2D eigenvalue weighted by Gasteiger charge is -2.13. The molecule has 0 bridgehead atoms. The highest BCUT2D eigenvalue weighted by Gasteiger charge is 2.37. The van der Waals surface area contributed by atoms with Gasteiger partial charge in [0.15, 0.2) is 5.82 Å². The van der Waals surface area contributed by atoms with Crippen LogP contribution in [0.25, 0.3) is 23.2 Å². The lowest BCUT2D eigenvalue weighted by molar-refractivity contribution is -0.143. The van der Waals surface area contributed by atoms with Crippen LogP contribution in [0.15, 0.2) is 36.9 Å². The average Bonchev–Trinajstić information content (AvgIpc) is 3.14. The largest absolute Gasteiger partial charge is 0.416 e. The first-order chi connectivity index (χ1) is 14.3. The molecule has 2 aromatic heterocycles. The SMILES string of the molecule is NC(=O)/C(=C\n1cnc(-c2cc(C(F)(F)F)cc(C(F)(F)F)c2)n1)c1cnc(N)cn1. The predicted octanol–water partition coefficient (Wildman–Crippen LogP) is 2.84. The number of primary amides is 1. The molecule has 0 aliphatic carbocycles. The highest BCUT2D eigenvalue weighted by atomic mass is 19.4. The van der Waals surface area contributed by atoms with Crippen LogP contribution in [0.4, 0.5) is 32.2 Å². The third kappa shape index (κ3) is 4.96. The number of anilines is 1. The zero-order valence-electron chi connectivity index (χ0n) is 15.1. The first-order valence-corrected chi connectivity index (χ1v) is 8.15. The summed E-state index contributed by atoms with van der Waals surface area (Å²) in [6.45, 7) is 0. The van der Waals surface area contributed by atoms with E-state index in [1.807, 2.05) is 0 Å². The van der Waals surface area contributed by atoms with Gasteiger partial charge in [-0.2, -0.15) is 26.3 Å². The minimum absolute atomic E-state index is 0.00857. The van der Waals surface area contributed by atoms with Gasteiger partial charge in [-0.15, -0.1) is 5.10 Å². The smallest absolute Gasteiger partial charge is 0.382 e. The Morgan fingerprint density at radius 2 is 1.55 bits per heavy atom. The van der Waals surface area contributed by atoms with Gasteiger partial charge in [0, 0.05) is 11.8 Å². The van der Waals surface area contributed by atoms with Gasteiger partial charge in [-0.1, -0.05) is 0 Å². The summed E-state index contributed by atoms with van der Waals surface area (Å²) in [4.78, 5) is 23.1. The van der Waals surface area contributed by atoms with Gasteiger partial charge >= 0.3 is 12.4 Å². The van der Waals surface area contributed by atoms with E-state index in [-0.39, 0.29) is 23.2 Å². The van der Waals surface area contributed by atoms with Gasteiger partial charge in [0.05, 0.1) is 34.8 Å². The quantitative estimate of drug-likeness (QED) is 0.472. The number of halogens is 6. The highest BCUT2D eigenvalue weighted by Crippen LogP contribution is 2.38. The normalized spacial score (nSPS) is 12.8. The lowest BCUT2D eigenvalue weighted by Crippen LogP contribution is -2.15. The first kappa shape index (κ1) is 21.7. The van der Waals surface area contributed by atoms with Crippen LogP contribution in [0.2, 0.25) is 0 Å². The Bertz CT molecular complexity index is 1120. The van der Waals surface area contributed by atoms with E-state index in [1.165, 1.54) is 0 Å². The van der Waals surface area contributed by atoms with Crippen molar-refractivity contribution in [1.82, 2.24) is 24.7 Å². The Morgan fingerprint density at radius 3 is 2.03 bits per heavy atom. The maximum Gasteiger partial charge on any atom is 0.416 e. The minimum Gasteiger partial charge on any atom is -0.382 e. The zero-order valence-corrected chi connectivity index (χ0v) is 15.1. The molecule has 31 heavy (non-hydrogen) atoms. The van der Waals surface area contributed by atoms with Crippen LogP contribution in [-0.4, -0.2) is 30.6 Å². The number of benzene rings is 1. The molecule has 14 heteroatoms. The van der Waals surface area contributed by atoms with Crippen molar-refractivity contribution < 1.29 is 31.1 Å². The number of rotatable bonds is 4. The van der Waals surface area contributed by atoms with Crippen molar-refractivity contribution in [2.45, 2.75) is 12.4 Å². The molecule has 0 aliphatic rings. The molecule has 4 N–H and O–H groups in total. The summed E-state index contributed by atoms with van der Waals surface area (Å²) in [5.74, 6) is -1.32. The number of nitrogens with two attached hydrogens (primary N) is 2. The highest BCUT2D eigenvalue weighted by molar-refractivity contribution is 6.21. The molecule has 8 nitrogen and oxygen atoms in total. The number of alkyl halides is 6. The molecule has 0 aliphatic heterocycles. The van der Waals surface area contributed by atoms with Crippen LogP contribution >= 0.6 is 0 Å². The summed E-state index contributed by atoms with van der Waals surface area (Å²) >= 11 is 0. The molecule has 3 rings (SSSR count). The Balaban J connectivity index is 2.06.